The van der Waals surface area contributed by atoms with E-state index in [0.717, 1.165) is 16.8 Å². The molecule has 236 valence electrons. The first-order chi connectivity index (χ1) is 20.5. The zero-order chi connectivity index (χ0) is 32.4. The van der Waals surface area contributed by atoms with Crippen LogP contribution in [0.2, 0.25) is 0 Å². The van der Waals surface area contributed by atoms with Crippen LogP contribution >= 0.6 is 0 Å². The van der Waals surface area contributed by atoms with E-state index in [1.165, 1.54) is 44.6 Å². The van der Waals surface area contributed by atoms with Gasteiger partial charge >= 0.3 is 16.7 Å². The molecule has 0 fully saturated rings. The van der Waals surface area contributed by atoms with Crippen molar-refractivity contribution >= 4 is 27.4 Å². The summed E-state index contributed by atoms with van der Waals surface area (Å²) < 4.78 is 82.2. The molecule has 0 aliphatic carbocycles. The Morgan fingerprint density at radius 2 is 1.68 bits per heavy atom. The zero-order valence-corrected chi connectivity index (χ0v) is 25.4. The molecule has 0 bridgehead atoms. The maximum Gasteiger partial charge on any atom is 0.394 e. The molecular weight excluding hydrogens is 605 g/mol. The molecule has 0 amide bonds. The minimum absolute atomic E-state index is 0.0490. The van der Waals surface area contributed by atoms with E-state index < -0.39 is 33.8 Å². The fraction of sp³-hybridized carbons (Fsp3) is 0.333. The van der Waals surface area contributed by atoms with Gasteiger partial charge in [-0.05, 0) is 60.4 Å². The molecule has 2 N–H and O–H groups in total. The molecule has 4 rings (SSSR count). The number of fused-ring (bicyclic) bond motifs is 1. The van der Waals surface area contributed by atoms with Crippen molar-refractivity contribution in [1.29, 1.82) is 0 Å². The van der Waals surface area contributed by atoms with E-state index in [1.807, 2.05) is 32.9 Å². The first-order valence-electron chi connectivity index (χ1n) is 13.3. The van der Waals surface area contributed by atoms with Gasteiger partial charge < -0.3 is 19.5 Å². The average Bonchev–Trinajstić information content (AvgIpc) is 2.93. The summed E-state index contributed by atoms with van der Waals surface area (Å²) in [6.45, 7) is 5.95. The molecule has 1 unspecified atom stereocenters. The predicted molar refractivity (Wildman–Crippen MR) is 161 cm³/mol. The normalized spacial score (nSPS) is 15.2. The maximum atomic E-state index is 12.6. The van der Waals surface area contributed by atoms with Gasteiger partial charge in [0.2, 0.25) is 0 Å². The van der Waals surface area contributed by atoms with E-state index in [1.54, 1.807) is 6.07 Å². The largest absolute Gasteiger partial charge is 0.496 e. The van der Waals surface area contributed by atoms with E-state index >= 15 is 0 Å². The summed E-state index contributed by atoms with van der Waals surface area (Å²) in [6.07, 6.45) is -4.04. The number of anilines is 1. The number of ether oxygens (including phenoxy) is 3. The van der Waals surface area contributed by atoms with Crippen molar-refractivity contribution in [3.05, 3.63) is 75.8 Å². The molecule has 0 radical (unpaired) electrons. The molecule has 0 saturated carbocycles. The van der Waals surface area contributed by atoms with Gasteiger partial charge in [0.05, 0.1) is 37.2 Å². The fourth-order valence-corrected chi connectivity index (χ4v) is 6.00. The topological polar surface area (TPSA) is 129 Å². The summed E-state index contributed by atoms with van der Waals surface area (Å²) in [5.41, 5.74) is 3.95. The van der Waals surface area contributed by atoms with Crippen molar-refractivity contribution in [2.24, 2.45) is 0 Å². The number of hydrogen-bond donors (Lipinski definition) is 2. The van der Waals surface area contributed by atoms with E-state index in [-0.39, 0.29) is 35.1 Å². The molecule has 14 heteroatoms. The second-order valence-corrected chi connectivity index (χ2v) is 12.4. The maximum absolute atomic E-state index is 12.6. The third-order valence-electron chi connectivity index (χ3n) is 6.80. The number of benzene rings is 3. The third-order valence-corrected chi connectivity index (χ3v) is 7.98. The Morgan fingerprint density at radius 3 is 2.32 bits per heavy atom. The van der Waals surface area contributed by atoms with Crippen LogP contribution in [-0.2, 0) is 21.3 Å². The van der Waals surface area contributed by atoms with E-state index in [2.05, 4.69) is 11.4 Å². The van der Waals surface area contributed by atoms with Crippen LogP contribution in [0.15, 0.2) is 54.6 Å². The average molecular weight is 638 g/mol. The molecule has 0 saturated heterocycles. The SMILES string of the molecule is COc1ccc([N+](=O)[O-])cc1OCc1c(-c2ccc(O[S+](=O)(O)CCC(F)(F)F)cc2OC)ccc2c1C(C)=CC(C)(C)N2. The lowest BCUT2D eigenvalue weighted by molar-refractivity contribution is -0.385. The van der Waals surface area contributed by atoms with Crippen LogP contribution < -0.4 is 23.7 Å². The summed E-state index contributed by atoms with van der Waals surface area (Å²) >= 11 is 0. The fourth-order valence-electron chi connectivity index (χ4n) is 5.03. The molecule has 1 aliphatic heterocycles. The van der Waals surface area contributed by atoms with Gasteiger partial charge in [-0.3, -0.25) is 14.3 Å². The van der Waals surface area contributed by atoms with Gasteiger partial charge in [0.15, 0.2) is 23.0 Å². The summed E-state index contributed by atoms with van der Waals surface area (Å²) in [4.78, 5) is 10.9. The number of allylic oxidation sites excluding steroid dienone is 1. The molecule has 3 aromatic rings. The van der Waals surface area contributed by atoms with Crippen molar-refractivity contribution in [2.75, 3.05) is 25.3 Å². The van der Waals surface area contributed by atoms with E-state index in [0.29, 0.717) is 22.4 Å². The molecule has 1 aliphatic rings. The second-order valence-electron chi connectivity index (χ2n) is 10.7. The number of rotatable bonds is 11. The number of nitro groups is 1. The minimum atomic E-state index is -4.62. The highest BCUT2D eigenvalue weighted by atomic mass is 32.3. The standard InChI is InChI=1S/C30H31F3N2O8S/c1-18-16-29(2,3)34-24-10-9-21(23(28(18)24)17-42-27-14-19(35(36)37)6-11-25(27)40-4)22-8-7-20(15-26(22)41-5)43-44(38,39)13-12-30(31,32)33/h6-11,14-16,34H,12-13,17H2,1-5H3/p+1. The summed E-state index contributed by atoms with van der Waals surface area (Å²) in [7, 11) is -1.49. The van der Waals surface area contributed by atoms with Crippen molar-refractivity contribution in [1.82, 2.24) is 0 Å². The van der Waals surface area contributed by atoms with Gasteiger partial charge in [0, 0.05) is 34.5 Å². The molecule has 0 spiro atoms. The number of methoxy groups -OCH3 is 2. The number of halogens is 3. The number of nitrogens with one attached hydrogen (secondary N) is 1. The molecule has 10 nitrogen and oxygen atoms in total. The first-order valence-corrected chi connectivity index (χ1v) is 14.9. The van der Waals surface area contributed by atoms with Crippen LogP contribution in [0.4, 0.5) is 24.5 Å². The predicted octanol–water partition coefficient (Wildman–Crippen LogP) is 7.68. The Hall–Kier alpha value is -4.30. The van der Waals surface area contributed by atoms with Crippen LogP contribution in [-0.4, -0.2) is 41.2 Å². The highest BCUT2D eigenvalue weighted by Crippen LogP contribution is 2.44. The molecular formula is C30H32F3N2O8S+. The summed E-state index contributed by atoms with van der Waals surface area (Å²) in [5.74, 6) is -0.609. The van der Waals surface area contributed by atoms with E-state index in [4.69, 9.17) is 18.4 Å². The Labute approximate surface area is 253 Å². The van der Waals surface area contributed by atoms with Gasteiger partial charge in [-0.1, -0.05) is 12.1 Å². The van der Waals surface area contributed by atoms with Gasteiger partial charge in [0.25, 0.3) is 5.69 Å². The number of hydrogen-bond acceptors (Lipinski definition) is 8. The Balaban J connectivity index is 1.78. The van der Waals surface area contributed by atoms with Gasteiger partial charge in [-0.25, -0.2) is 0 Å². The highest BCUT2D eigenvalue weighted by Gasteiger charge is 2.38. The molecule has 0 aromatic heterocycles. The van der Waals surface area contributed by atoms with Crippen LogP contribution in [0.25, 0.3) is 16.7 Å². The molecule has 44 heavy (non-hydrogen) atoms. The van der Waals surface area contributed by atoms with Gasteiger partial charge in [-0.15, -0.1) is 4.55 Å². The Bertz CT molecular complexity index is 1660. The lowest BCUT2D eigenvalue weighted by atomic mass is 9.85. The molecule has 3 aromatic carbocycles. The molecule has 1 atom stereocenters. The van der Waals surface area contributed by atoms with Crippen LogP contribution in [0.1, 0.15) is 38.3 Å². The number of alkyl halides is 3. The van der Waals surface area contributed by atoms with Gasteiger partial charge in [0.1, 0.15) is 12.4 Å². The first kappa shape index (κ1) is 32.6. The van der Waals surface area contributed by atoms with Crippen LogP contribution in [0.5, 0.6) is 23.0 Å². The van der Waals surface area contributed by atoms with Crippen LogP contribution in [0, 0.1) is 10.1 Å². The Kier molecular flexibility index (Phi) is 9.16. The summed E-state index contributed by atoms with van der Waals surface area (Å²) in [6, 6.07) is 12.0. The van der Waals surface area contributed by atoms with Crippen molar-refractivity contribution in [3.63, 3.8) is 0 Å². The third kappa shape index (κ3) is 7.61. The zero-order valence-electron chi connectivity index (χ0n) is 24.6. The quantitative estimate of drug-likeness (QED) is 0.124. The number of nitrogens with zero attached hydrogens (tertiary/aromatic N) is 1. The summed E-state index contributed by atoms with van der Waals surface area (Å²) in [5, 5.41) is 14.9. The molecule has 1 heterocycles. The highest BCUT2D eigenvalue weighted by molar-refractivity contribution is 7.93. The Morgan fingerprint density at radius 1 is 1.00 bits per heavy atom. The van der Waals surface area contributed by atoms with Gasteiger partial charge in [-0.2, -0.15) is 13.2 Å². The lowest BCUT2D eigenvalue weighted by Gasteiger charge is -2.33. The van der Waals surface area contributed by atoms with Crippen LogP contribution in [0.3, 0.4) is 0 Å². The smallest absolute Gasteiger partial charge is 0.394 e. The van der Waals surface area contributed by atoms with Crippen molar-refractivity contribution in [3.8, 4) is 34.1 Å². The van der Waals surface area contributed by atoms with Crippen molar-refractivity contribution < 1.29 is 45.2 Å². The number of non-ortho nitro benzene ring substituents is 1. The lowest BCUT2D eigenvalue weighted by Crippen LogP contribution is -2.32. The van der Waals surface area contributed by atoms with Crippen molar-refractivity contribution in [2.45, 2.75) is 45.5 Å². The monoisotopic (exact) mass is 637 g/mol. The second kappa shape index (κ2) is 12.4. The number of nitro benzene ring substituents is 1. The minimum Gasteiger partial charge on any atom is -0.496 e. The van der Waals surface area contributed by atoms with E-state index in [9.17, 15) is 32.0 Å².